The van der Waals surface area contributed by atoms with Crippen LogP contribution in [0.3, 0.4) is 0 Å². The molecule has 3 aromatic rings. The summed E-state index contributed by atoms with van der Waals surface area (Å²) in [4.78, 5) is 4.30. The number of hydrogen-bond donors (Lipinski definition) is 0. The molecule has 0 amide bonds. The van der Waals surface area contributed by atoms with E-state index in [1.165, 1.54) is 0 Å². The number of halogens is 2. The Labute approximate surface area is 182 Å². The van der Waals surface area contributed by atoms with Crippen LogP contribution >= 0.6 is 7.60 Å². The van der Waals surface area contributed by atoms with Crippen molar-refractivity contribution in [2.75, 3.05) is 0 Å². The highest BCUT2D eigenvalue weighted by Gasteiger charge is 2.58. The first-order chi connectivity index (χ1) is 14.3. The standard InChI is InChI=1S/C24H30F2NO3P/c1-15(2)29-31(28,30-16(3)4)24(25,26)22-20-14-17(23(5,6)7)12-13-18(20)19-10-8-9-11-21(19)27-22/h8-16H,1-7H3. The highest BCUT2D eigenvalue weighted by Crippen LogP contribution is 2.68. The molecular formula is C24H30F2NO3P. The van der Waals surface area contributed by atoms with Gasteiger partial charge in [0.15, 0.2) is 0 Å². The molecule has 0 saturated heterocycles. The molecule has 1 heterocycles. The molecule has 0 bridgehead atoms. The van der Waals surface area contributed by atoms with Gasteiger partial charge in [0.1, 0.15) is 5.69 Å². The summed E-state index contributed by atoms with van der Waals surface area (Å²) in [6, 6.07) is 12.6. The Morgan fingerprint density at radius 2 is 1.45 bits per heavy atom. The molecule has 0 N–H and O–H groups in total. The highest BCUT2D eigenvalue weighted by molar-refractivity contribution is 7.54. The van der Waals surface area contributed by atoms with Gasteiger partial charge in [-0.15, -0.1) is 0 Å². The number of aromatic nitrogens is 1. The number of alkyl halides is 2. The van der Waals surface area contributed by atoms with Crippen LogP contribution in [-0.2, 0) is 24.7 Å². The van der Waals surface area contributed by atoms with E-state index in [9.17, 15) is 4.57 Å². The minimum absolute atomic E-state index is 0.246. The monoisotopic (exact) mass is 449 g/mol. The lowest BCUT2D eigenvalue weighted by Gasteiger charge is -2.30. The van der Waals surface area contributed by atoms with Gasteiger partial charge >= 0.3 is 13.3 Å². The zero-order chi connectivity index (χ0) is 23.2. The Hall–Kier alpha value is -1.88. The highest BCUT2D eigenvalue weighted by atomic mass is 31.2. The molecule has 0 aliphatic rings. The summed E-state index contributed by atoms with van der Waals surface area (Å²) in [6.07, 6.45) is -1.43. The lowest BCUT2D eigenvalue weighted by Crippen LogP contribution is -2.24. The van der Waals surface area contributed by atoms with E-state index in [0.717, 1.165) is 10.9 Å². The average Bonchev–Trinajstić information content (AvgIpc) is 2.64. The summed E-state index contributed by atoms with van der Waals surface area (Å²) in [5.41, 5.74) is -3.52. The first-order valence-corrected chi connectivity index (χ1v) is 12.0. The first-order valence-electron chi connectivity index (χ1n) is 10.4. The van der Waals surface area contributed by atoms with Crippen molar-refractivity contribution in [3.63, 3.8) is 0 Å². The third-order valence-electron chi connectivity index (χ3n) is 4.90. The van der Waals surface area contributed by atoms with Crippen LogP contribution in [0.2, 0.25) is 0 Å². The van der Waals surface area contributed by atoms with Crippen LogP contribution < -0.4 is 0 Å². The van der Waals surface area contributed by atoms with Crippen molar-refractivity contribution in [2.45, 2.75) is 71.8 Å². The molecule has 1 aromatic heterocycles. The normalized spacial score (nSPS) is 13.6. The minimum Gasteiger partial charge on any atom is -0.301 e. The Morgan fingerprint density at radius 3 is 2.00 bits per heavy atom. The van der Waals surface area contributed by atoms with Gasteiger partial charge in [-0.1, -0.05) is 51.1 Å². The van der Waals surface area contributed by atoms with Crippen molar-refractivity contribution < 1.29 is 22.4 Å². The van der Waals surface area contributed by atoms with Gasteiger partial charge < -0.3 is 9.05 Å². The molecule has 2 aromatic carbocycles. The van der Waals surface area contributed by atoms with Crippen LogP contribution in [0.4, 0.5) is 8.78 Å². The van der Waals surface area contributed by atoms with Crippen molar-refractivity contribution in [3.05, 3.63) is 53.7 Å². The fraction of sp³-hybridized carbons (Fsp3) is 0.458. The Morgan fingerprint density at radius 1 is 0.871 bits per heavy atom. The molecule has 168 valence electrons. The lowest BCUT2D eigenvalue weighted by atomic mass is 9.85. The van der Waals surface area contributed by atoms with Crippen LogP contribution in [0.1, 0.15) is 59.7 Å². The summed E-state index contributed by atoms with van der Waals surface area (Å²) in [5.74, 6) is 0. The van der Waals surface area contributed by atoms with E-state index in [1.54, 1.807) is 45.9 Å². The molecule has 0 saturated carbocycles. The predicted octanol–water partition coefficient (Wildman–Crippen LogP) is 7.78. The molecule has 4 nitrogen and oxygen atoms in total. The van der Waals surface area contributed by atoms with E-state index in [2.05, 4.69) is 4.98 Å². The van der Waals surface area contributed by atoms with E-state index >= 15 is 8.78 Å². The van der Waals surface area contributed by atoms with E-state index < -0.39 is 31.2 Å². The number of pyridine rings is 1. The summed E-state index contributed by atoms with van der Waals surface area (Å²) in [7, 11) is -4.89. The van der Waals surface area contributed by atoms with Crippen molar-refractivity contribution in [3.8, 4) is 0 Å². The SMILES string of the molecule is CC(C)OP(=O)(OC(C)C)C(F)(F)c1nc2ccccc2c2ccc(C(C)(C)C)cc12. The second-order valence-corrected chi connectivity index (χ2v) is 11.3. The molecular weight excluding hydrogens is 419 g/mol. The molecule has 0 unspecified atom stereocenters. The van der Waals surface area contributed by atoms with Crippen molar-refractivity contribution >= 4 is 29.3 Å². The topological polar surface area (TPSA) is 48.4 Å². The van der Waals surface area contributed by atoms with Crippen molar-refractivity contribution in [1.82, 2.24) is 4.98 Å². The molecule has 0 aliphatic heterocycles. The van der Waals surface area contributed by atoms with E-state index in [-0.39, 0.29) is 10.8 Å². The number of fused-ring (bicyclic) bond motifs is 3. The lowest BCUT2D eigenvalue weighted by molar-refractivity contribution is 0.0154. The summed E-state index contributed by atoms with van der Waals surface area (Å²) in [6.45, 7) is 12.2. The zero-order valence-electron chi connectivity index (χ0n) is 19.1. The number of hydrogen-bond acceptors (Lipinski definition) is 4. The van der Waals surface area contributed by atoms with E-state index in [4.69, 9.17) is 9.05 Å². The maximum Gasteiger partial charge on any atom is 0.406 e. The smallest absolute Gasteiger partial charge is 0.301 e. The summed E-state index contributed by atoms with van der Waals surface area (Å²) >= 11 is 0. The van der Waals surface area contributed by atoms with Crippen molar-refractivity contribution in [2.24, 2.45) is 0 Å². The molecule has 31 heavy (non-hydrogen) atoms. The van der Waals surface area contributed by atoms with Gasteiger partial charge in [0.25, 0.3) is 0 Å². The number of nitrogens with zero attached hydrogens (tertiary/aromatic N) is 1. The molecule has 0 fully saturated rings. The summed E-state index contributed by atoms with van der Waals surface area (Å²) < 4.78 is 56.1. The second kappa shape index (κ2) is 8.23. The minimum atomic E-state index is -4.89. The predicted molar refractivity (Wildman–Crippen MR) is 122 cm³/mol. The Kier molecular flexibility index (Phi) is 6.31. The maximum absolute atomic E-state index is 16.0. The summed E-state index contributed by atoms with van der Waals surface area (Å²) in [5, 5.41) is 1.62. The van der Waals surface area contributed by atoms with Gasteiger partial charge in [0, 0.05) is 10.8 Å². The number of para-hydroxylation sites is 1. The largest absolute Gasteiger partial charge is 0.406 e. The molecule has 0 spiro atoms. The Bertz CT molecular complexity index is 1140. The van der Waals surface area contributed by atoms with Crippen LogP contribution in [0.15, 0.2) is 42.5 Å². The zero-order valence-corrected chi connectivity index (χ0v) is 20.0. The van der Waals surface area contributed by atoms with Gasteiger partial charge in [-0.3, -0.25) is 4.57 Å². The maximum atomic E-state index is 16.0. The third-order valence-corrected chi connectivity index (χ3v) is 7.19. The van der Waals surface area contributed by atoms with Gasteiger partial charge in [0.05, 0.1) is 17.7 Å². The number of rotatable bonds is 6. The quantitative estimate of drug-likeness (QED) is 0.285. The molecule has 0 aliphatic carbocycles. The van der Waals surface area contributed by atoms with Gasteiger partial charge in [0.2, 0.25) is 0 Å². The van der Waals surface area contributed by atoms with Crippen LogP contribution in [0, 0.1) is 0 Å². The average molecular weight is 449 g/mol. The van der Waals surface area contributed by atoms with Gasteiger partial charge in [-0.05, 0) is 56.2 Å². The van der Waals surface area contributed by atoms with E-state index in [1.807, 2.05) is 45.0 Å². The Balaban J connectivity index is 2.40. The van der Waals surface area contributed by atoms with Gasteiger partial charge in [-0.25, -0.2) is 4.98 Å². The fourth-order valence-electron chi connectivity index (χ4n) is 3.49. The van der Waals surface area contributed by atoms with Crippen LogP contribution in [0.25, 0.3) is 21.7 Å². The van der Waals surface area contributed by atoms with Crippen LogP contribution in [0.5, 0.6) is 0 Å². The number of benzene rings is 2. The molecule has 3 rings (SSSR count). The van der Waals surface area contributed by atoms with Gasteiger partial charge in [-0.2, -0.15) is 8.78 Å². The van der Waals surface area contributed by atoms with Crippen molar-refractivity contribution in [1.29, 1.82) is 0 Å². The molecule has 0 radical (unpaired) electrons. The second-order valence-electron chi connectivity index (χ2n) is 9.33. The molecule has 0 atom stereocenters. The molecule has 7 heteroatoms. The van der Waals surface area contributed by atoms with Crippen LogP contribution in [-0.4, -0.2) is 17.2 Å². The first kappa shape index (κ1) is 23.8. The third kappa shape index (κ3) is 4.52. The van der Waals surface area contributed by atoms with E-state index in [0.29, 0.717) is 10.9 Å². The fourth-order valence-corrected chi connectivity index (χ4v) is 5.35.